The van der Waals surface area contributed by atoms with E-state index in [-0.39, 0.29) is 12.7 Å². The molecule has 1 aliphatic heterocycles. The van der Waals surface area contributed by atoms with Crippen LogP contribution in [0.5, 0.6) is 0 Å². The molecule has 0 saturated carbocycles. The van der Waals surface area contributed by atoms with E-state index in [4.69, 9.17) is 20.6 Å². The van der Waals surface area contributed by atoms with Gasteiger partial charge in [0.2, 0.25) is 0 Å². The Morgan fingerprint density at radius 3 is 2.76 bits per heavy atom. The zero-order valence-corrected chi connectivity index (χ0v) is 10.6. The summed E-state index contributed by atoms with van der Waals surface area (Å²) in [7, 11) is 1.54. The van der Waals surface area contributed by atoms with Crippen LogP contribution in [0.4, 0.5) is 0 Å². The Balaban J connectivity index is 2.45. The first-order valence-corrected chi connectivity index (χ1v) is 6.16. The molecule has 0 unspecified atom stereocenters. The van der Waals surface area contributed by atoms with Gasteiger partial charge >= 0.3 is 0 Å². The van der Waals surface area contributed by atoms with Gasteiger partial charge < -0.3 is 19.3 Å². The molecule has 0 spiro atoms. The first-order chi connectivity index (χ1) is 8.24. The van der Waals surface area contributed by atoms with Crippen LogP contribution in [0.25, 0.3) is 0 Å². The van der Waals surface area contributed by atoms with E-state index in [9.17, 15) is 5.11 Å². The standard InChI is InChI=1S/C13H22O4/c1-4-6-7-8-10-11(14)12(16-9-5-2)13(15-3)17-10/h2,10-14H,4,6-9H2,1,3H3/t10-,11-,12+,13-/m0/s1. The van der Waals surface area contributed by atoms with Gasteiger partial charge in [0.1, 0.15) is 18.8 Å². The molecule has 1 heterocycles. The zero-order valence-electron chi connectivity index (χ0n) is 10.6. The molecule has 0 aliphatic carbocycles. The SMILES string of the molecule is C#CCO[C@H]1[C@@H](OC)O[C@@H](CCCCC)[C@@H]1O. The normalized spacial score (nSPS) is 32.6. The summed E-state index contributed by atoms with van der Waals surface area (Å²) in [5.74, 6) is 2.38. The minimum Gasteiger partial charge on any atom is -0.387 e. The molecule has 0 radical (unpaired) electrons. The van der Waals surface area contributed by atoms with E-state index in [1.165, 1.54) is 7.11 Å². The van der Waals surface area contributed by atoms with E-state index in [0.29, 0.717) is 0 Å². The fourth-order valence-electron chi connectivity index (χ4n) is 2.05. The highest BCUT2D eigenvalue weighted by Crippen LogP contribution is 2.27. The first-order valence-electron chi connectivity index (χ1n) is 6.16. The molecule has 0 aromatic carbocycles. The van der Waals surface area contributed by atoms with Crippen LogP contribution in [0.1, 0.15) is 32.6 Å². The Bertz CT molecular complexity index is 248. The van der Waals surface area contributed by atoms with Crippen molar-refractivity contribution in [2.75, 3.05) is 13.7 Å². The lowest BCUT2D eigenvalue weighted by Crippen LogP contribution is -2.36. The van der Waals surface area contributed by atoms with Crippen LogP contribution in [0.15, 0.2) is 0 Å². The van der Waals surface area contributed by atoms with Crippen LogP contribution in [0, 0.1) is 12.3 Å². The Hall–Kier alpha value is -0.600. The smallest absolute Gasteiger partial charge is 0.186 e. The Labute approximate surface area is 103 Å². The van der Waals surface area contributed by atoms with Gasteiger partial charge in [0.15, 0.2) is 6.29 Å². The van der Waals surface area contributed by atoms with Gasteiger partial charge in [-0.2, -0.15) is 0 Å². The van der Waals surface area contributed by atoms with Crippen LogP contribution >= 0.6 is 0 Å². The van der Waals surface area contributed by atoms with Crippen molar-refractivity contribution in [1.29, 1.82) is 0 Å². The van der Waals surface area contributed by atoms with Crippen LogP contribution < -0.4 is 0 Å². The topological polar surface area (TPSA) is 47.9 Å². The summed E-state index contributed by atoms with van der Waals surface area (Å²) < 4.78 is 16.1. The van der Waals surface area contributed by atoms with Gasteiger partial charge in [-0.25, -0.2) is 0 Å². The van der Waals surface area contributed by atoms with Gasteiger partial charge in [0.25, 0.3) is 0 Å². The molecule has 1 saturated heterocycles. The highest BCUT2D eigenvalue weighted by Gasteiger charge is 2.44. The maximum atomic E-state index is 10.1. The molecule has 0 amide bonds. The maximum Gasteiger partial charge on any atom is 0.186 e. The molecule has 0 aromatic heterocycles. The number of aliphatic hydroxyl groups is 1. The van der Waals surface area contributed by atoms with E-state index in [1.807, 2.05) is 0 Å². The lowest BCUT2D eigenvalue weighted by atomic mass is 10.0. The van der Waals surface area contributed by atoms with E-state index >= 15 is 0 Å². The van der Waals surface area contributed by atoms with Gasteiger partial charge in [0.05, 0.1) is 6.10 Å². The van der Waals surface area contributed by atoms with Crippen molar-refractivity contribution in [3.63, 3.8) is 0 Å². The number of hydrogen-bond acceptors (Lipinski definition) is 4. The molecule has 1 fully saturated rings. The quantitative estimate of drug-likeness (QED) is 0.540. The third kappa shape index (κ3) is 3.97. The molecule has 98 valence electrons. The van der Waals surface area contributed by atoms with Crippen LogP contribution in [0.2, 0.25) is 0 Å². The summed E-state index contributed by atoms with van der Waals surface area (Å²) in [6.07, 6.45) is 7.40. The zero-order chi connectivity index (χ0) is 12.7. The molecule has 0 bridgehead atoms. The average molecular weight is 242 g/mol. The van der Waals surface area contributed by atoms with E-state index in [1.54, 1.807) is 0 Å². The largest absolute Gasteiger partial charge is 0.387 e. The minimum absolute atomic E-state index is 0.159. The van der Waals surface area contributed by atoms with E-state index in [2.05, 4.69) is 12.8 Å². The number of ether oxygens (including phenoxy) is 3. The maximum absolute atomic E-state index is 10.1. The number of rotatable bonds is 7. The summed E-state index contributed by atoms with van der Waals surface area (Å²) in [6.45, 7) is 2.30. The van der Waals surface area contributed by atoms with Crippen molar-refractivity contribution in [2.24, 2.45) is 0 Å². The van der Waals surface area contributed by atoms with Gasteiger partial charge in [-0.15, -0.1) is 6.42 Å². The second kappa shape index (κ2) is 7.67. The molecule has 0 aromatic rings. The van der Waals surface area contributed by atoms with Crippen molar-refractivity contribution in [3.8, 4) is 12.3 Å². The van der Waals surface area contributed by atoms with Crippen LogP contribution in [-0.4, -0.2) is 43.4 Å². The number of terminal acetylenes is 1. The second-order valence-corrected chi connectivity index (χ2v) is 4.24. The van der Waals surface area contributed by atoms with E-state index < -0.39 is 18.5 Å². The Morgan fingerprint density at radius 1 is 1.41 bits per heavy atom. The van der Waals surface area contributed by atoms with Crippen molar-refractivity contribution in [1.82, 2.24) is 0 Å². The highest BCUT2D eigenvalue weighted by atomic mass is 16.7. The second-order valence-electron chi connectivity index (χ2n) is 4.24. The monoisotopic (exact) mass is 242 g/mol. The third-order valence-electron chi connectivity index (χ3n) is 2.98. The number of methoxy groups -OCH3 is 1. The van der Waals surface area contributed by atoms with Gasteiger partial charge in [-0.05, 0) is 6.42 Å². The summed E-state index contributed by atoms with van der Waals surface area (Å²) >= 11 is 0. The minimum atomic E-state index is -0.662. The lowest BCUT2D eigenvalue weighted by molar-refractivity contribution is -0.159. The summed E-state index contributed by atoms with van der Waals surface area (Å²) in [5, 5.41) is 10.1. The van der Waals surface area contributed by atoms with Crippen LogP contribution in [0.3, 0.4) is 0 Å². The average Bonchev–Trinajstić information content (AvgIpc) is 2.64. The summed E-state index contributed by atoms with van der Waals surface area (Å²) in [4.78, 5) is 0. The summed E-state index contributed by atoms with van der Waals surface area (Å²) in [5.41, 5.74) is 0. The van der Waals surface area contributed by atoms with Gasteiger partial charge in [-0.3, -0.25) is 0 Å². The number of hydrogen-bond donors (Lipinski definition) is 1. The third-order valence-corrected chi connectivity index (χ3v) is 2.98. The lowest BCUT2D eigenvalue weighted by Gasteiger charge is -2.18. The number of unbranched alkanes of at least 4 members (excludes halogenated alkanes) is 2. The molecule has 4 nitrogen and oxygen atoms in total. The van der Waals surface area contributed by atoms with Crippen molar-refractivity contribution in [3.05, 3.63) is 0 Å². The van der Waals surface area contributed by atoms with Crippen LogP contribution in [-0.2, 0) is 14.2 Å². The highest BCUT2D eigenvalue weighted by molar-refractivity contribution is 4.90. The van der Waals surface area contributed by atoms with Crippen molar-refractivity contribution < 1.29 is 19.3 Å². The molecule has 4 heteroatoms. The Morgan fingerprint density at radius 2 is 2.18 bits per heavy atom. The molecule has 1 rings (SSSR count). The molecule has 1 aliphatic rings. The Kier molecular flexibility index (Phi) is 6.53. The van der Waals surface area contributed by atoms with E-state index in [0.717, 1.165) is 25.7 Å². The molecular formula is C13H22O4. The molecule has 4 atom stereocenters. The fourth-order valence-corrected chi connectivity index (χ4v) is 2.05. The molecule has 1 N–H and O–H groups in total. The first kappa shape index (κ1) is 14.5. The number of aliphatic hydroxyl groups excluding tert-OH is 1. The predicted octanol–water partition coefficient (Wildman–Crippen LogP) is 1.32. The van der Waals surface area contributed by atoms with Crippen molar-refractivity contribution >= 4 is 0 Å². The summed E-state index contributed by atoms with van der Waals surface area (Å²) in [6, 6.07) is 0. The van der Waals surface area contributed by atoms with Gasteiger partial charge in [0, 0.05) is 7.11 Å². The van der Waals surface area contributed by atoms with Crippen molar-refractivity contribution in [2.45, 2.75) is 57.2 Å². The molecule has 17 heavy (non-hydrogen) atoms. The fraction of sp³-hybridized carbons (Fsp3) is 0.846. The van der Waals surface area contributed by atoms with Gasteiger partial charge in [-0.1, -0.05) is 32.1 Å². The molecular weight excluding hydrogens is 220 g/mol. The predicted molar refractivity (Wildman–Crippen MR) is 64.4 cm³/mol.